The van der Waals surface area contributed by atoms with Crippen LogP contribution in [0.5, 0.6) is 0 Å². The Morgan fingerprint density at radius 2 is 2.00 bits per heavy atom. The van der Waals surface area contributed by atoms with E-state index in [9.17, 15) is 9.59 Å². The molecule has 0 saturated carbocycles. The van der Waals surface area contributed by atoms with Gasteiger partial charge in [-0.15, -0.1) is 0 Å². The topological polar surface area (TPSA) is 43.4 Å². The number of carbonyl (C=O) groups excluding carboxylic acids is 2. The summed E-state index contributed by atoms with van der Waals surface area (Å²) in [7, 11) is 0. The summed E-state index contributed by atoms with van der Waals surface area (Å²) in [5.41, 5.74) is -0.862. The summed E-state index contributed by atoms with van der Waals surface area (Å²) in [6.07, 6.45) is 5.13. The maximum absolute atomic E-state index is 10.9. The Kier molecular flexibility index (Phi) is 2.31. The lowest BCUT2D eigenvalue weighted by molar-refractivity contribution is -0.195. The van der Waals surface area contributed by atoms with Crippen molar-refractivity contribution in [3.05, 3.63) is 12.2 Å². The molecule has 3 heteroatoms. The summed E-state index contributed by atoms with van der Waals surface area (Å²) >= 11 is 0. The van der Waals surface area contributed by atoms with Crippen molar-refractivity contribution in [2.45, 2.75) is 26.7 Å². The van der Waals surface area contributed by atoms with E-state index in [1.807, 2.05) is 19.1 Å². The molecule has 0 atom stereocenters. The van der Waals surface area contributed by atoms with Crippen LogP contribution < -0.4 is 0 Å². The van der Waals surface area contributed by atoms with E-state index in [1.54, 1.807) is 6.92 Å². The van der Waals surface area contributed by atoms with Crippen LogP contribution in [0.1, 0.15) is 26.7 Å². The normalized spacial score (nSPS) is 20.8. The van der Waals surface area contributed by atoms with Crippen molar-refractivity contribution in [1.82, 2.24) is 0 Å². The summed E-state index contributed by atoms with van der Waals surface area (Å²) < 4.78 is 4.28. The molecule has 1 aliphatic rings. The third kappa shape index (κ3) is 1.26. The summed E-state index contributed by atoms with van der Waals surface area (Å²) in [5.74, 6) is -0.783. The average Bonchev–Trinajstić information content (AvgIpc) is 2.05. The van der Waals surface area contributed by atoms with Crippen LogP contribution in [0.2, 0.25) is 0 Å². The fourth-order valence-corrected chi connectivity index (χ4v) is 1.09. The molecule has 0 radical (unpaired) electrons. The zero-order chi connectivity index (χ0) is 9.19. The maximum Gasteiger partial charge on any atom is 0.330 e. The van der Waals surface area contributed by atoms with Gasteiger partial charge in [-0.2, -0.15) is 0 Å². The van der Waals surface area contributed by atoms with Crippen molar-refractivity contribution < 1.29 is 14.3 Å². The maximum atomic E-state index is 10.9. The fourth-order valence-electron chi connectivity index (χ4n) is 1.09. The molecule has 3 nitrogen and oxygen atoms in total. The van der Waals surface area contributed by atoms with Gasteiger partial charge in [-0.05, 0) is 26.7 Å². The minimum absolute atomic E-state index is 0.392. The molecule has 12 heavy (non-hydrogen) atoms. The number of carbonyl (C=O) groups is 2. The van der Waals surface area contributed by atoms with E-state index in [2.05, 4.69) is 4.74 Å². The minimum Gasteiger partial charge on any atom is -0.391 e. The molecule has 0 bridgehead atoms. The van der Waals surface area contributed by atoms with Gasteiger partial charge in [0.15, 0.2) is 5.41 Å². The van der Waals surface area contributed by atoms with E-state index in [1.165, 1.54) is 0 Å². The highest BCUT2D eigenvalue weighted by molar-refractivity contribution is 6.13. The number of esters is 2. The van der Waals surface area contributed by atoms with Gasteiger partial charge in [0.2, 0.25) is 0 Å². The van der Waals surface area contributed by atoms with E-state index in [0.717, 1.165) is 6.42 Å². The summed E-state index contributed by atoms with van der Waals surface area (Å²) in [6, 6.07) is 0. The number of ether oxygens (including phenoxy) is 1. The smallest absolute Gasteiger partial charge is 0.330 e. The second-order valence-electron chi connectivity index (χ2n) is 3.12. The minimum atomic E-state index is -0.862. The molecule has 1 heterocycles. The molecular formula is C9H12O3. The van der Waals surface area contributed by atoms with Gasteiger partial charge in [-0.25, -0.2) is 0 Å². The monoisotopic (exact) mass is 168 g/mol. The van der Waals surface area contributed by atoms with Gasteiger partial charge < -0.3 is 4.74 Å². The molecule has 0 aromatic rings. The van der Waals surface area contributed by atoms with Crippen molar-refractivity contribution in [3.8, 4) is 0 Å². The molecular weight excluding hydrogens is 156 g/mol. The van der Waals surface area contributed by atoms with E-state index >= 15 is 0 Å². The molecule has 0 aliphatic carbocycles. The van der Waals surface area contributed by atoms with Crippen LogP contribution in [0.4, 0.5) is 0 Å². The van der Waals surface area contributed by atoms with Crippen LogP contribution in [0.3, 0.4) is 0 Å². The highest BCUT2D eigenvalue weighted by Gasteiger charge is 2.53. The Balaban J connectivity index is 2.49. The Morgan fingerprint density at radius 1 is 1.42 bits per heavy atom. The van der Waals surface area contributed by atoms with Gasteiger partial charge in [-0.3, -0.25) is 9.59 Å². The molecule has 66 valence electrons. The fraction of sp³-hybridized carbons (Fsp3) is 0.556. The molecule has 0 aromatic carbocycles. The lowest BCUT2D eigenvalue weighted by Gasteiger charge is -2.32. The van der Waals surface area contributed by atoms with Crippen molar-refractivity contribution in [2.75, 3.05) is 0 Å². The first-order chi connectivity index (χ1) is 5.61. The number of hydrogen-bond donors (Lipinski definition) is 0. The summed E-state index contributed by atoms with van der Waals surface area (Å²) in [6.45, 7) is 3.54. The second kappa shape index (κ2) is 3.09. The molecule has 1 rings (SSSR count). The van der Waals surface area contributed by atoms with Crippen molar-refractivity contribution in [3.63, 3.8) is 0 Å². The SMILES string of the molecule is CC=CCCC1(C)C(=O)OC1=O. The van der Waals surface area contributed by atoms with Crippen molar-refractivity contribution >= 4 is 11.9 Å². The van der Waals surface area contributed by atoms with Gasteiger partial charge in [0.05, 0.1) is 0 Å². The first kappa shape index (κ1) is 8.97. The zero-order valence-corrected chi connectivity index (χ0v) is 7.29. The number of cyclic esters (lactones) is 2. The summed E-state index contributed by atoms with van der Waals surface area (Å²) in [5, 5.41) is 0. The molecule has 1 saturated heterocycles. The van der Waals surface area contributed by atoms with E-state index < -0.39 is 17.4 Å². The molecule has 0 aromatic heterocycles. The largest absolute Gasteiger partial charge is 0.391 e. The Labute approximate surface area is 71.4 Å². The third-order valence-corrected chi connectivity index (χ3v) is 2.13. The zero-order valence-electron chi connectivity index (χ0n) is 7.29. The number of hydrogen-bond acceptors (Lipinski definition) is 3. The van der Waals surface area contributed by atoms with Gasteiger partial charge >= 0.3 is 11.9 Å². The lowest BCUT2D eigenvalue weighted by Crippen LogP contribution is -2.50. The highest BCUT2D eigenvalue weighted by atomic mass is 16.6. The molecule has 1 fully saturated rings. The van der Waals surface area contributed by atoms with Gasteiger partial charge in [-0.1, -0.05) is 12.2 Å². The van der Waals surface area contributed by atoms with Crippen molar-refractivity contribution in [1.29, 1.82) is 0 Å². The predicted octanol–water partition coefficient (Wildman–Crippen LogP) is 1.43. The van der Waals surface area contributed by atoms with Gasteiger partial charge in [0.25, 0.3) is 0 Å². The Bertz CT molecular complexity index is 226. The predicted molar refractivity (Wildman–Crippen MR) is 43.3 cm³/mol. The average molecular weight is 168 g/mol. The van der Waals surface area contributed by atoms with Crippen LogP contribution in [0.25, 0.3) is 0 Å². The van der Waals surface area contributed by atoms with Gasteiger partial charge in [0, 0.05) is 0 Å². The first-order valence-corrected chi connectivity index (χ1v) is 3.99. The Hall–Kier alpha value is -1.12. The van der Waals surface area contributed by atoms with Crippen LogP contribution in [-0.4, -0.2) is 11.9 Å². The number of rotatable bonds is 3. The molecule has 0 N–H and O–H groups in total. The quantitative estimate of drug-likeness (QED) is 0.364. The van der Waals surface area contributed by atoms with Gasteiger partial charge in [0.1, 0.15) is 0 Å². The van der Waals surface area contributed by atoms with Crippen LogP contribution in [-0.2, 0) is 14.3 Å². The van der Waals surface area contributed by atoms with Crippen molar-refractivity contribution in [2.24, 2.45) is 5.41 Å². The molecule has 0 amide bonds. The third-order valence-electron chi connectivity index (χ3n) is 2.13. The van der Waals surface area contributed by atoms with E-state index in [-0.39, 0.29) is 0 Å². The van der Waals surface area contributed by atoms with Crippen LogP contribution in [0.15, 0.2) is 12.2 Å². The van der Waals surface area contributed by atoms with E-state index in [4.69, 9.17) is 0 Å². The number of allylic oxidation sites excluding steroid dienone is 2. The molecule has 0 unspecified atom stereocenters. The highest BCUT2D eigenvalue weighted by Crippen LogP contribution is 2.35. The second-order valence-corrected chi connectivity index (χ2v) is 3.12. The molecule has 1 aliphatic heterocycles. The standard InChI is InChI=1S/C9H12O3/c1-3-4-5-6-9(2)7(10)12-8(9)11/h3-4H,5-6H2,1-2H3. The summed E-state index contributed by atoms with van der Waals surface area (Å²) in [4.78, 5) is 21.8. The van der Waals surface area contributed by atoms with E-state index in [0.29, 0.717) is 6.42 Å². The first-order valence-electron chi connectivity index (χ1n) is 3.99. The molecule has 0 spiro atoms. The van der Waals surface area contributed by atoms with Crippen LogP contribution >= 0.6 is 0 Å². The lowest BCUT2D eigenvalue weighted by atomic mass is 9.82. The Morgan fingerprint density at radius 3 is 2.42 bits per heavy atom. The van der Waals surface area contributed by atoms with Crippen LogP contribution in [0, 0.1) is 5.41 Å².